The summed E-state index contributed by atoms with van der Waals surface area (Å²) in [6.07, 6.45) is 6.11. The number of benzene rings is 2. The SMILES string of the molecule is C=CC(O)[C@@H]1CC[C@H]1CN1C[C@@]2(CCCc3cc(Cl)ccc32)CNc2ccc(C(CC(=O)N(C)C)C(=O)O)cc21. The van der Waals surface area contributed by atoms with Gasteiger partial charge in [-0.15, -0.1) is 6.58 Å². The van der Waals surface area contributed by atoms with Crippen LogP contribution in [0.25, 0.3) is 0 Å². The number of carboxylic acids is 1. The molecule has 1 spiro atoms. The fourth-order valence-corrected chi connectivity index (χ4v) is 7.13. The zero-order valence-electron chi connectivity index (χ0n) is 23.4. The fraction of sp³-hybridized carbons (Fsp3) is 0.500. The Bertz CT molecular complexity index is 1300. The molecule has 8 heteroatoms. The van der Waals surface area contributed by atoms with Gasteiger partial charge in [-0.2, -0.15) is 0 Å². The number of aliphatic hydroxyl groups excluding tert-OH is 1. The van der Waals surface area contributed by atoms with Gasteiger partial charge in [0.15, 0.2) is 0 Å². The molecule has 1 saturated carbocycles. The summed E-state index contributed by atoms with van der Waals surface area (Å²) >= 11 is 6.39. The van der Waals surface area contributed by atoms with E-state index in [9.17, 15) is 19.8 Å². The normalized spacial score (nSPS) is 24.9. The number of nitrogens with zero attached hydrogens (tertiary/aromatic N) is 2. The molecular weight excluding hydrogens is 526 g/mol. The monoisotopic (exact) mass is 565 g/mol. The average molecular weight is 566 g/mol. The summed E-state index contributed by atoms with van der Waals surface area (Å²) < 4.78 is 0. The molecule has 2 unspecified atom stereocenters. The minimum absolute atomic E-state index is 0.0944. The van der Waals surface area contributed by atoms with E-state index in [0.29, 0.717) is 11.5 Å². The van der Waals surface area contributed by atoms with E-state index in [4.69, 9.17) is 11.6 Å². The van der Waals surface area contributed by atoms with Gasteiger partial charge >= 0.3 is 5.97 Å². The molecule has 0 aromatic heterocycles. The first-order chi connectivity index (χ1) is 19.1. The minimum atomic E-state index is -1.01. The highest BCUT2D eigenvalue weighted by molar-refractivity contribution is 6.30. The highest BCUT2D eigenvalue weighted by Crippen LogP contribution is 2.46. The van der Waals surface area contributed by atoms with Crippen LogP contribution in [0.4, 0.5) is 11.4 Å². The van der Waals surface area contributed by atoms with Crippen molar-refractivity contribution in [2.75, 3.05) is 43.9 Å². The molecule has 2 aliphatic carbocycles. The van der Waals surface area contributed by atoms with Gasteiger partial charge in [0, 0.05) is 50.6 Å². The lowest BCUT2D eigenvalue weighted by Crippen LogP contribution is -2.49. The van der Waals surface area contributed by atoms with Crippen molar-refractivity contribution < 1.29 is 19.8 Å². The summed E-state index contributed by atoms with van der Waals surface area (Å²) in [7, 11) is 3.29. The molecule has 0 radical (unpaired) electrons. The number of aliphatic hydroxyl groups is 1. The Morgan fingerprint density at radius 2 is 2.05 bits per heavy atom. The summed E-state index contributed by atoms with van der Waals surface area (Å²) in [5, 5.41) is 25.1. The number of aryl methyl sites for hydroxylation is 1. The molecule has 1 amide bonds. The standard InChI is InChI=1S/C32H40ClN3O4/c1-4-29(37)24-10-7-22(24)17-36-19-32(13-5-6-21-14-23(33)9-11-26(21)32)18-34-27-12-8-20(15-28(27)36)25(31(39)40)16-30(38)35(2)3/h4,8-9,11-12,14-15,22,24-25,29,34,37H,1,5-7,10,13,16-19H2,2-3H3,(H,39,40)/t22-,24+,25?,29?,32+/m0/s1. The Morgan fingerprint density at radius 3 is 2.73 bits per heavy atom. The summed E-state index contributed by atoms with van der Waals surface area (Å²) in [4.78, 5) is 28.7. The molecule has 5 atom stereocenters. The molecule has 214 valence electrons. The smallest absolute Gasteiger partial charge is 0.311 e. The number of carbonyl (C=O) groups is 2. The lowest BCUT2D eigenvalue weighted by atomic mass is 9.68. The van der Waals surface area contributed by atoms with E-state index in [2.05, 4.69) is 28.9 Å². The van der Waals surface area contributed by atoms with Crippen LogP contribution in [0.2, 0.25) is 5.02 Å². The van der Waals surface area contributed by atoms with Crippen LogP contribution < -0.4 is 10.2 Å². The number of fused-ring (bicyclic) bond motifs is 3. The van der Waals surface area contributed by atoms with E-state index in [1.54, 1.807) is 20.2 Å². The summed E-state index contributed by atoms with van der Waals surface area (Å²) in [6.45, 7) is 6.10. The Balaban J connectivity index is 1.55. The Hall–Kier alpha value is -3.03. The maximum Gasteiger partial charge on any atom is 0.311 e. The molecule has 1 heterocycles. The van der Waals surface area contributed by atoms with Crippen LogP contribution in [-0.4, -0.2) is 66.8 Å². The van der Waals surface area contributed by atoms with Gasteiger partial charge in [0.2, 0.25) is 5.91 Å². The molecule has 2 aromatic carbocycles. The van der Waals surface area contributed by atoms with Gasteiger partial charge in [0.25, 0.3) is 0 Å². The second-order valence-electron chi connectivity index (χ2n) is 12.1. The Morgan fingerprint density at radius 1 is 1.25 bits per heavy atom. The first-order valence-electron chi connectivity index (χ1n) is 14.3. The van der Waals surface area contributed by atoms with Crippen LogP contribution in [-0.2, 0) is 21.4 Å². The van der Waals surface area contributed by atoms with Crippen molar-refractivity contribution in [1.29, 1.82) is 0 Å². The molecule has 40 heavy (non-hydrogen) atoms. The topological polar surface area (TPSA) is 93.1 Å². The molecule has 0 saturated heterocycles. The first kappa shape index (κ1) is 28.5. The van der Waals surface area contributed by atoms with E-state index in [-0.39, 0.29) is 23.7 Å². The molecule has 1 fully saturated rings. The van der Waals surface area contributed by atoms with Gasteiger partial charge in [-0.05, 0) is 84.9 Å². The van der Waals surface area contributed by atoms with E-state index in [0.717, 1.165) is 68.1 Å². The van der Waals surface area contributed by atoms with Crippen molar-refractivity contribution in [3.8, 4) is 0 Å². The van der Waals surface area contributed by atoms with E-state index >= 15 is 0 Å². The first-order valence-corrected chi connectivity index (χ1v) is 14.6. The van der Waals surface area contributed by atoms with Gasteiger partial charge in [0.1, 0.15) is 0 Å². The minimum Gasteiger partial charge on any atom is -0.481 e. The number of halogens is 1. The third-order valence-corrected chi connectivity index (χ3v) is 9.64. The lowest BCUT2D eigenvalue weighted by Gasteiger charge is -2.46. The number of nitrogens with one attached hydrogen (secondary N) is 1. The Kier molecular flexibility index (Phi) is 8.16. The number of aliphatic carboxylic acids is 1. The number of carboxylic acid groups (broad SMARTS) is 1. The number of anilines is 2. The van der Waals surface area contributed by atoms with Crippen molar-refractivity contribution in [3.05, 3.63) is 70.8 Å². The average Bonchev–Trinajstić information content (AvgIpc) is 3.06. The number of amides is 1. The van der Waals surface area contributed by atoms with Crippen LogP contribution in [0, 0.1) is 11.8 Å². The largest absolute Gasteiger partial charge is 0.481 e. The van der Waals surface area contributed by atoms with Crippen molar-refractivity contribution in [2.45, 2.75) is 56.0 Å². The predicted octanol–water partition coefficient (Wildman–Crippen LogP) is 5.07. The van der Waals surface area contributed by atoms with E-state index < -0.39 is 18.0 Å². The van der Waals surface area contributed by atoms with Crippen LogP contribution in [0.3, 0.4) is 0 Å². The predicted molar refractivity (Wildman–Crippen MR) is 159 cm³/mol. The van der Waals surface area contributed by atoms with E-state index in [1.807, 2.05) is 24.3 Å². The zero-order valence-corrected chi connectivity index (χ0v) is 24.2. The molecule has 3 N–H and O–H groups in total. The van der Waals surface area contributed by atoms with Crippen LogP contribution >= 0.6 is 11.6 Å². The van der Waals surface area contributed by atoms with Gasteiger partial charge < -0.3 is 25.3 Å². The summed E-state index contributed by atoms with van der Waals surface area (Å²) in [5.74, 6) is -1.69. The second kappa shape index (κ2) is 11.5. The fourth-order valence-electron chi connectivity index (χ4n) is 6.93. The van der Waals surface area contributed by atoms with Crippen molar-refractivity contribution >= 4 is 34.9 Å². The maximum absolute atomic E-state index is 12.5. The molecule has 5 rings (SSSR count). The number of hydrogen-bond acceptors (Lipinski definition) is 5. The number of rotatable bonds is 8. The van der Waals surface area contributed by atoms with Gasteiger partial charge in [0.05, 0.1) is 23.4 Å². The molecular formula is C32H40ClN3O4. The maximum atomic E-state index is 12.5. The van der Waals surface area contributed by atoms with Crippen LogP contribution in [0.5, 0.6) is 0 Å². The molecule has 0 bridgehead atoms. The lowest BCUT2D eigenvalue weighted by molar-refractivity contribution is -0.142. The van der Waals surface area contributed by atoms with Crippen molar-refractivity contribution in [3.63, 3.8) is 0 Å². The van der Waals surface area contributed by atoms with Crippen molar-refractivity contribution in [1.82, 2.24) is 4.90 Å². The highest BCUT2D eigenvalue weighted by atomic mass is 35.5. The van der Waals surface area contributed by atoms with Gasteiger partial charge in [-0.3, -0.25) is 9.59 Å². The van der Waals surface area contributed by atoms with Gasteiger partial charge in [-0.1, -0.05) is 29.8 Å². The van der Waals surface area contributed by atoms with Crippen LogP contribution in [0.1, 0.15) is 54.7 Å². The quantitative estimate of drug-likeness (QED) is 0.387. The molecule has 7 nitrogen and oxygen atoms in total. The number of hydrogen-bond donors (Lipinski definition) is 3. The summed E-state index contributed by atoms with van der Waals surface area (Å²) in [5.41, 5.74) is 5.02. The second-order valence-corrected chi connectivity index (χ2v) is 12.5. The summed E-state index contributed by atoms with van der Waals surface area (Å²) in [6, 6.07) is 12.0. The zero-order chi connectivity index (χ0) is 28.6. The molecule has 1 aliphatic heterocycles. The third-order valence-electron chi connectivity index (χ3n) is 9.40. The van der Waals surface area contributed by atoms with Crippen LogP contribution in [0.15, 0.2) is 49.1 Å². The third kappa shape index (κ3) is 5.46. The van der Waals surface area contributed by atoms with E-state index in [1.165, 1.54) is 16.0 Å². The van der Waals surface area contributed by atoms with Gasteiger partial charge in [-0.25, -0.2) is 0 Å². The molecule has 2 aromatic rings. The number of carbonyl (C=O) groups excluding carboxylic acids is 1. The molecule has 3 aliphatic rings. The van der Waals surface area contributed by atoms with Crippen molar-refractivity contribution in [2.24, 2.45) is 11.8 Å². The Labute approximate surface area is 241 Å². The highest BCUT2D eigenvalue weighted by Gasteiger charge is 2.43.